The molecule has 1 heterocycles. The maximum Gasteiger partial charge on any atom is 0.261 e. The SMILES string of the molecule is [B]c1ccc2ncn(Cc3ccc(C(=O)Nc4ccccc4N)cc3)c(=O)c2c1. The van der Waals surface area contributed by atoms with Gasteiger partial charge in [0, 0.05) is 5.56 Å². The van der Waals surface area contributed by atoms with E-state index in [0.29, 0.717) is 39.8 Å². The van der Waals surface area contributed by atoms with Crippen molar-refractivity contribution >= 4 is 41.5 Å². The molecule has 0 aliphatic heterocycles. The Hall–Kier alpha value is -3.87. The van der Waals surface area contributed by atoms with Gasteiger partial charge in [0.1, 0.15) is 7.85 Å². The van der Waals surface area contributed by atoms with E-state index in [4.69, 9.17) is 13.6 Å². The number of nitrogens with one attached hydrogen (secondary N) is 1. The average Bonchev–Trinajstić information content (AvgIpc) is 2.72. The summed E-state index contributed by atoms with van der Waals surface area (Å²) in [6.07, 6.45) is 1.51. The molecule has 0 unspecified atom stereocenters. The molecule has 4 rings (SSSR count). The van der Waals surface area contributed by atoms with Crippen molar-refractivity contribution < 1.29 is 4.79 Å². The van der Waals surface area contributed by atoms with Crippen LogP contribution in [0, 0.1) is 0 Å². The molecule has 29 heavy (non-hydrogen) atoms. The Labute approximate surface area is 168 Å². The van der Waals surface area contributed by atoms with Gasteiger partial charge in [0.25, 0.3) is 11.5 Å². The Bertz CT molecular complexity index is 1270. The summed E-state index contributed by atoms with van der Waals surface area (Å²) in [5.41, 5.74) is 9.25. The van der Waals surface area contributed by atoms with Gasteiger partial charge < -0.3 is 11.1 Å². The third-order valence-corrected chi connectivity index (χ3v) is 4.63. The molecule has 7 heteroatoms. The first-order chi connectivity index (χ1) is 14.0. The van der Waals surface area contributed by atoms with Gasteiger partial charge in [-0.15, -0.1) is 0 Å². The van der Waals surface area contributed by atoms with Gasteiger partial charge in [-0.3, -0.25) is 14.2 Å². The Morgan fingerprint density at radius 3 is 2.59 bits per heavy atom. The molecule has 0 atom stereocenters. The Balaban J connectivity index is 1.53. The maximum atomic E-state index is 12.7. The zero-order valence-electron chi connectivity index (χ0n) is 15.5. The fourth-order valence-electron chi connectivity index (χ4n) is 3.05. The fourth-order valence-corrected chi connectivity index (χ4v) is 3.05. The first-order valence-corrected chi connectivity index (χ1v) is 9.01. The predicted octanol–water partition coefficient (Wildman–Crippen LogP) is 2.07. The number of amides is 1. The molecule has 0 aliphatic rings. The molecule has 1 aromatic heterocycles. The number of para-hydroxylation sites is 2. The second kappa shape index (κ2) is 7.63. The molecule has 3 aromatic carbocycles. The minimum atomic E-state index is -0.255. The molecule has 0 saturated carbocycles. The minimum Gasteiger partial charge on any atom is -0.397 e. The van der Waals surface area contributed by atoms with Crippen LogP contribution >= 0.6 is 0 Å². The van der Waals surface area contributed by atoms with E-state index in [9.17, 15) is 9.59 Å². The zero-order valence-corrected chi connectivity index (χ0v) is 15.5. The summed E-state index contributed by atoms with van der Waals surface area (Å²) >= 11 is 0. The molecule has 4 aromatic rings. The second-order valence-corrected chi connectivity index (χ2v) is 6.69. The van der Waals surface area contributed by atoms with Crippen LogP contribution in [0.3, 0.4) is 0 Å². The molecule has 1 amide bonds. The lowest BCUT2D eigenvalue weighted by atomic mass is 9.95. The van der Waals surface area contributed by atoms with Crippen LogP contribution in [0.1, 0.15) is 15.9 Å². The summed E-state index contributed by atoms with van der Waals surface area (Å²) < 4.78 is 1.52. The summed E-state index contributed by atoms with van der Waals surface area (Å²) in [6, 6.07) is 19.2. The summed E-state index contributed by atoms with van der Waals surface area (Å²) in [5, 5.41) is 3.27. The molecule has 0 fully saturated rings. The number of benzene rings is 3. The number of carbonyl (C=O) groups excluding carboxylic acids is 1. The lowest BCUT2D eigenvalue weighted by Crippen LogP contribution is -2.22. The molecule has 0 spiro atoms. The normalized spacial score (nSPS) is 10.8. The number of aromatic nitrogens is 2. The number of nitrogen functional groups attached to an aromatic ring is 1. The molecular weight excluding hydrogens is 363 g/mol. The molecule has 0 saturated heterocycles. The topological polar surface area (TPSA) is 90.0 Å². The van der Waals surface area contributed by atoms with Crippen molar-refractivity contribution in [1.29, 1.82) is 0 Å². The third-order valence-electron chi connectivity index (χ3n) is 4.63. The third kappa shape index (κ3) is 3.89. The highest BCUT2D eigenvalue weighted by molar-refractivity contribution is 6.33. The van der Waals surface area contributed by atoms with Gasteiger partial charge in [0.05, 0.1) is 35.1 Å². The van der Waals surface area contributed by atoms with E-state index in [-0.39, 0.29) is 11.5 Å². The van der Waals surface area contributed by atoms with Crippen LogP contribution in [0.4, 0.5) is 11.4 Å². The Kier molecular flexibility index (Phi) is 4.87. The van der Waals surface area contributed by atoms with Crippen LogP contribution in [0.15, 0.2) is 77.9 Å². The first-order valence-electron chi connectivity index (χ1n) is 9.01. The maximum absolute atomic E-state index is 12.7. The number of nitrogens with zero attached hydrogens (tertiary/aromatic N) is 2. The fraction of sp³-hybridized carbons (Fsp3) is 0.0455. The summed E-state index contributed by atoms with van der Waals surface area (Å²) in [6.45, 7) is 0.337. The van der Waals surface area contributed by atoms with Crippen molar-refractivity contribution in [2.24, 2.45) is 0 Å². The number of anilines is 2. The van der Waals surface area contributed by atoms with Crippen molar-refractivity contribution in [3.8, 4) is 0 Å². The van der Waals surface area contributed by atoms with E-state index >= 15 is 0 Å². The lowest BCUT2D eigenvalue weighted by Gasteiger charge is -2.10. The molecular formula is C22H17BN4O2. The number of rotatable bonds is 4. The molecule has 0 bridgehead atoms. The van der Waals surface area contributed by atoms with Crippen molar-refractivity contribution in [1.82, 2.24) is 9.55 Å². The van der Waals surface area contributed by atoms with E-state index in [1.54, 1.807) is 66.7 Å². The quantitative estimate of drug-likeness (QED) is 0.419. The number of hydrogen-bond acceptors (Lipinski definition) is 4. The van der Waals surface area contributed by atoms with Crippen molar-refractivity contribution in [3.05, 3.63) is 94.5 Å². The van der Waals surface area contributed by atoms with Crippen LogP contribution in [0.25, 0.3) is 10.9 Å². The van der Waals surface area contributed by atoms with Gasteiger partial charge in [-0.05, 0) is 35.9 Å². The monoisotopic (exact) mass is 380 g/mol. The standard InChI is InChI=1S/C22H17BN4O2/c23-16-9-10-19-17(11-16)22(29)27(13-25-19)12-14-5-7-15(8-6-14)21(28)26-20-4-2-1-3-18(20)24/h1-11,13H,12,24H2,(H,26,28). The van der Waals surface area contributed by atoms with Gasteiger partial charge in [-0.25, -0.2) is 4.98 Å². The van der Waals surface area contributed by atoms with Crippen LogP contribution in [0.2, 0.25) is 0 Å². The van der Waals surface area contributed by atoms with Crippen LogP contribution in [-0.2, 0) is 6.54 Å². The van der Waals surface area contributed by atoms with Crippen molar-refractivity contribution in [2.45, 2.75) is 6.54 Å². The number of hydrogen-bond donors (Lipinski definition) is 2. The molecule has 3 N–H and O–H groups in total. The summed E-state index contributed by atoms with van der Waals surface area (Å²) in [4.78, 5) is 29.4. The summed E-state index contributed by atoms with van der Waals surface area (Å²) in [5.74, 6) is -0.255. The van der Waals surface area contributed by atoms with E-state index in [1.807, 2.05) is 0 Å². The van der Waals surface area contributed by atoms with E-state index < -0.39 is 0 Å². The van der Waals surface area contributed by atoms with Crippen LogP contribution in [0.5, 0.6) is 0 Å². The average molecular weight is 380 g/mol. The van der Waals surface area contributed by atoms with Gasteiger partial charge in [-0.2, -0.15) is 0 Å². The van der Waals surface area contributed by atoms with Gasteiger partial charge >= 0.3 is 0 Å². The van der Waals surface area contributed by atoms with Crippen molar-refractivity contribution in [2.75, 3.05) is 11.1 Å². The van der Waals surface area contributed by atoms with E-state index in [1.165, 1.54) is 10.9 Å². The smallest absolute Gasteiger partial charge is 0.261 e. The van der Waals surface area contributed by atoms with E-state index in [2.05, 4.69) is 10.3 Å². The Morgan fingerprint density at radius 2 is 1.83 bits per heavy atom. The minimum absolute atomic E-state index is 0.163. The Morgan fingerprint density at radius 1 is 1.07 bits per heavy atom. The largest absolute Gasteiger partial charge is 0.397 e. The van der Waals surface area contributed by atoms with Gasteiger partial charge in [0.15, 0.2) is 0 Å². The van der Waals surface area contributed by atoms with E-state index in [0.717, 1.165) is 5.56 Å². The zero-order chi connectivity index (χ0) is 20.4. The highest BCUT2D eigenvalue weighted by atomic mass is 16.1. The second-order valence-electron chi connectivity index (χ2n) is 6.69. The number of carbonyl (C=O) groups is 1. The molecule has 0 aliphatic carbocycles. The molecule has 6 nitrogen and oxygen atoms in total. The summed E-state index contributed by atoms with van der Waals surface area (Å²) in [7, 11) is 5.78. The lowest BCUT2D eigenvalue weighted by molar-refractivity contribution is 0.102. The molecule has 2 radical (unpaired) electrons. The van der Waals surface area contributed by atoms with Crippen LogP contribution < -0.4 is 22.1 Å². The van der Waals surface area contributed by atoms with Crippen molar-refractivity contribution in [3.63, 3.8) is 0 Å². The number of fused-ring (bicyclic) bond motifs is 1. The van der Waals surface area contributed by atoms with Gasteiger partial charge in [0.2, 0.25) is 0 Å². The van der Waals surface area contributed by atoms with Gasteiger partial charge in [-0.1, -0.05) is 41.9 Å². The first kappa shape index (κ1) is 18.5. The highest BCUT2D eigenvalue weighted by Gasteiger charge is 2.09. The predicted molar refractivity (Wildman–Crippen MR) is 116 cm³/mol. The highest BCUT2D eigenvalue weighted by Crippen LogP contribution is 2.18. The van der Waals surface area contributed by atoms with Crippen LogP contribution in [-0.4, -0.2) is 23.3 Å². The number of nitrogens with two attached hydrogens (primary N) is 1. The molecule has 140 valence electrons.